The summed E-state index contributed by atoms with van der Waals surface area (Å²) in [4.78, 5) is 16.3. The number of carbonyl (C=O) groups is 1. The molecule has 1 saturated heterocycles. The molecule has 1 aliphatic rings. The lowest BCUT2D eigenvalue weighted by molar-refractivity contribution is 0.130. The summed E-state index contributed by atoms with van der Waals surface area (Å²) in [6, 6.07) is 0.957. The van der Waals surface area contributed by atoms with Crippen LogP contribution < -0.4 is 5.32 Å². The van der Waals surface area contributed by atoms with E-state index in [0.29, 0.717) is 6.04 Å². The standard InChI is InChI=1S/C15H31N3O/c1-12(2)6-9-17(5)14-7-10-18(11-8-14)15(19)16-13(3)4/h12-14H,6-11H2,1-5H3,(H,16,19). The number of carbonyl (C=O) groups excluding carboxylic acids is 1. The minimum absolute atomic E-state index is 0.0956. The van der Waals surface area contributed by atoms with E-state index in [9.17, 15) is 4.79 Å². The monoisotopic (exact) mass is 269 g/mol. The van der Waals surface area contributed by atoms with Gasteiger partial charge >= 0.3 is 6.03 Å². The Morgan fingerprint density at radius 3 is 2.32 bits per heavy atom. The summed E-state index contributed by atoms with van der Waals surface area (Å²) in [7, 11) is 2.22. The molecule has 0 radical (unpaired) electrons. The average molecular weight is 269 g/mol. The Kier molecular flexibility index (Phi) is 6.63. The number of nitrogens with zero attached hydrogens (tertiary/aromatic N) is 2. The molecule has 0 atom stereocenters. The van der Waals surface area contributed by atoms with Crippen molar-refractivity contribution in [3.8, 4) is 0 Å². The first-order chi connectivity index (χ1) is 8.90. The van der Waals surface area contributed by atoms with Crippen molar-refractivity contribution in [1.82, 2.24) is 15.1 Å². The normalized spacial score (nSPS) is 17.6. The van der Waals surface area contributed by atoms with E-state index in [1.807, 2.05) is 18.7 Å². The van der Waals surface area contributed by atoms with Gasteiger partial charge in [-0.05, 0) is 52.6 Å². The summed E-state index contributed by atoms with van der Waals surface area (Å²) >= 11 is 0. The Bertz CT molecular complexity index is 271. The van der Waals surface area contributed by atoms with Crippen molar-refractivity contribution in [3.63, 3.8) is 0 Å². The van der Waals surface area contributed by atoms with E-state index in [1.54, 1.807) is 0 Å². The highest BCUT2D eigenvalue weighted by atomic mass is 16.2. The summed E-state index contributed by atoms with van der Waals surface area (Å²) in [6.07, 6.45) is 3.45. The van der Waals surface area contributed by atoms with Gasteiger partial charge in [-0.15, -0.1) is 0 Å². The molecule has 4 nitrogen and oxygen atoms in total. The van der Waals surface area contributed by atoms with Gasteiger partial charge in [0.25, 0.3) is 0 Å². The van der Waals surface area contributed by atoms with Crippen LogP contribution in [-0.4, -0.2) is 54.6 Å². The maximum atomic E-state index is 11.9. The lowest BCUT2D eigenvalue weighted by Crippen LogP contribution is -2.50. The van der Waals surface area contributed by atoms with Crippen LogP contribution in [0.1, 0.15) is 47.0 Å². The third-order valence-corrected chi connectivity index (χ3v) is 3.85. The molecule has 1 aliphatic heterocycles. The smallest absolute Gasteiger partial charge is 0.317 e. The quantitative estimate of drug-likeness (QED) is 0.832. The zero-order valence-electron chi connectivity index (χ0n) is 13.3. The molecular weight excluding hydrogens is 238 g/mol. The third-order valence-electron chi connectivity index (χ3n) is 3.85. The summed E-state index contributed by atoms with van der Waals surface area (Å²) in [6.45, 7) is 11.5. The highest BCUT2D eigenvalue weighted by Crippen LogP contribution is 2.16. The molecule has 2 amide bonds. The van der Waals surface area contributed by atoms with Crippen LogP contribution in [0.15, 0.2) is 0 Å². The number of urea groups is 1. The highest BCUT2D eigenvalue weighted by Gasteiger charge is 2.25. The molecule has 1 rings (SSSR count). The fraction of sp³-hybridized carbons (Fsp3) is 0.933. The molecule has 0 spiro atoms. The molecule has 1 fully saturated rings. The SMILES string of the molecule is CC(C)CCN(C)C1CCN(C(=O)NC(C)C)CC1. The zero-order valence-corrected chi connectivity index (χ0v) is 13.3. The number of rotatable bonds is 5. The largest absolute Gasteiger partial charge is 0.336 e. The highest BCUT2D eigenvalue weighted by molar-refractivity contribution is 5.74. The lowest BCUT2D eigenvalue weighted by atomic mass is 10.0. The van der Waals surface area contributed by atoms with Gasteiger partial charge in [-0.2, -0.15) is 0 Å². The Labute approximate surface area is 118 Å². The molecule has 0 aromatic carbocycles. The Balaban J connectivity index is 2.30. The first kappa shape index (κ1) is 16.3. The fourth-order valence-corrected chi connectivity index (χ4v) is 2.49. The van der Waals surface area contributed by atoms with Crippen molar-refractivity contribution in [2.75, 3.05) is 26.7 Å². The number of nitrogens with one attached hydrogen (secondary N) is 1. The van der Waals surface area contributed by atoms with E-state index in [2.05, 4.69) is 31.1 Å². The molecule has 1 N–H and O–H groups in total. The zero-order chi connectivity index (χ0) is 14.4. The van der Waals surface area contributed by atoms with Gasteiger partial charge in [-0.3, -0.25) is 0 Å². The average Bonchev–Trinajstić information content (AvgIpc) is 2.35. The molecule has 0 saturated carbocycles. The van der Waals surface area contributed by atoms with E-state index >= 15 is 0 Å². The predicted octanol–water partition coefficient (Wildman–Crippen LogP) is 2.55. The summed E-state index contributed by atoms with van der Waals surface area (Å²) in [5.74, 6) is 0.763. The number of hydrogen-bond donors (Lipinski definition) is 1. The van der Waals surface area contributed by atoms with E-state index in [1.165, 1.54) is 13.0 Å². The topological polar surface area (TPSA) is 35.6 Å². The van der Waals surface area contributed by atoms with Crippen LogP contribution in [0, 0.1) is 5.92 Å². The van der Waals surface area contributed by atoms with Crippen molar-refractivity contribution in [2.45, 2.75) is 59.0 Å². The Morgan fingerprint density at radius 2 is 1.84 bits per heavy atom. The number of piperidine rings is 1. The molecule has 19 heavy (non-hydrogen) atoms. The molecule has 0 bridgehead atoms. The van der Waals surface area contributed by atoms with Crippen molar-refractivity contribution in [3.05, 3.63) is 0 Å². The van der Waals surface area contributed by atoms with Crippen molar-refractivity contribution < 1.29 is 4.79 Å². The fourth-order valence-electron chi connectivity index (χ4n) is 2.49. The van der Waals surface area contributed by atoms with Gasteiger partial charge in [0, 0.05) is 25.2 Å². The first-order valence-electron chi connectivity index (χ1n) is 7.65. The minimum atomic E-state index is 0.0956. The number of hydrogen-bond acceptors (Lipinski definition) is 2. The van der Waals surface area contributed by atoms with Gasteiger partial charge in [-0.25, -0.2) is 4.79 Å². The van der Waals surface area contributed by atoms with Crippen LogP contribution in [0.25, 0.3) is 0 Å². The van der Waals surface area contributed by atoms with Gasteiger partial charge in [0.1, 0.15) is 0 Å². The summed E-state index contributed by atoms with van der Waals surface area (Å²) < 4.78 is 0. The van der Waals surface area contributed by atoms with Crippen LogP contribution >= 0.6 is 0 Å². The first-order valence-corrected chi connectivity index (χ1v) is 7.65. The van der Waals surface area contributed by atoms with Crippen LogP contribution in [-0.2, 0) is 0 Å². The minimum Gasteiger partial charge on any atom is -0.336 e. The molecular formula is C15H31N3O. The molecule has 112 valence electrons. The molecule has 0 aromatic rings. The third kappa shape index (κ3) is 5.81. The van der Waals surface area contributed by atoms with Gasteiger partial charge in [-0.1, -0.05) is 13.8 Å². The van der Waals surface area contributed by atoms with Gasteiger partial charge in [0.15, 0.2) is 0 Å². The molecule has 4 heteroatoms. The van der Waals surface area contributed by atoms with E-state index in [-0.39, 0.29) is 12.1 Å². The molecule has 0 unspecified atom stereocenters. The van der Waals surface area contributed by atoms with Gasteiger partial charge in [0.05, 0.1) is 0 Å². The van der Waals surface area contributed by atoms with Crippen LogP contribution in [0.2, 0.25) is 0 Å². The predicted molar refractivity (Wildman–Crippen MR) is 80.3 cm³/mol. The second-order valence-electron chi connectivity index (χ2n) is 6.49. The van der Waals surface area contributed by atoms with Crippen molar-refractivity contribution >= 4 is 6.03 Å². The van der Waals surface area contributed by atoms with Crippen molar-refractivity contribution in [2.24, 2.45) is 5.92 Å². The number of likely N-dealkylation sites (tertiary alicyclic amines) is 1. The Hall–Kier alpha value is -0.770. The summed E-state index contributed by atoms with van der Waals surface area (Å²) in [5, 5.41) is 2.97. The Morgan fingerprint density at radius 1 is 1.26 bits per heavy atom. The van der Waals surface area contributed by atoms with Crippen LogP contribution in [0.5, 0.6) is 0 Å². The second kappa shape index (κ2) is 7.73. The lowest BCUT2D eigenvalue weighted by Gasteiger charge is -2.37. The van der Waals surface area contributed by atoms with Gasteiger partial charge < -0.3 is 15.1 Å². The maximum Gasteiger partial charge on any atom is 0.317 e. The number of amides is 2. The molecule has 1 heterocycles. The molecule has 0 aromatic heterocycles. The van der Waals surface area contributed by atoms with E-state index in [0.717, 1.165) is 31.8 Å². The molecule has 0 aliphatic carbocycles. The van der Waals surface area contributed by atoms with E-state index in [4.69, 9.17) is 0 Å². The van der Waals surface area contributed by atoms with Gasteiger partial charge in [0.2, 0.25) is 0 Å². The second-order valence-corrected chi connectivity index (χ2v) is 6.49. The van der Waals surface area contributed by atoms with Crippen molar-refractivity contribution in [1.29, 1.82) is 0 Å². The van der Waals surface area contributed by atoms with Crippen LogP contribution in [0.4, 0.5) is 4.79 Å². The van der Waals surface area contributed by atoms with Crippen LogP contribution in [0.3, 0.4) is 0 Å². The summed E-state index contributed by atoms with van der Waals surface area (Å²) in [5.41, 5.74) is 0. The van der Waals surface area contributed by atoms with E-state index < -0.39 is 0 Å². The maximum absolute atomic E-state index is 11.9.